The zero-order valence-corrected chi connectivity index (χ0v) is 10.2. The van der Waals surface area contributed by atoms with E-state index in [1.54, 1.807) is 29.6 Å². The van der Waals surface area contributed by atoms with Crippen LogP contribution in [0.15, 0.2) is 52.9 Å². The fraction of sp³-hybridized carbons (Fsp3) is 0. The fourth-order valence-corrected chi connectivity index (χ4v) is 1.97. The fourth-order valence-electron chi connectivity index (χ4n) is 1.30. The van der Waals surface area contributed by atoms with E-state index in [2.05, 4.69) is 10.5 Å². The average molecular weight is 258 g/mol. The summed E-state index contributed by atoms with van der Waals surface area (Å²) in [4.78, 5) is 23.2. The second kappa shape index (κ2) is 5.88. The lowest BCUT2D eigenvalue weighted by atomic mass is 10.2. The zero-order chi connectivity index (χ0) is 12.8. The first kappa shape index (κ1) is 12.2. The minimum absolute atomic E-state index is 0.138. The minimum Gasteiger partial charge on any atom is -0.296 e. The quantitative estimate of drug-likeness (QED) is 0.295. The number of nitrogens with zero attached hydrogens (tertiary/aromatic N) is 1. The Labute approximate surface area is 108 Å². The molecule has 90 valence electrons. The summed E-state index contributed by atoms with van der Waals surface area (Å²) < 4.78 is 0. The van der Waals surface area contributed by atoms with Crippen LogP contribution in [0.3, 0.4) is 0 Å². The third-order valence-electron chi connectivity index (χ3n) is 2.17. The summed E-state index contributed by atoms with van der Waals surface area (Å²) >= 11 is 1.28. The number of Topliss-reactive ketones (excluding diaryl/α,β-unsaturated/α-hetero) is 1. The Kier molecular flexibility index (Phi) is 3.98. The third-order valence-corrected chi connectivity index (χ3v) is 3.04. The maximum Gasteiger partial charge on any atom is 0.226 e. The highest BCUT2D eigenvalue weighted by Gasteiger charge is 2.14. The van der Waals surface area contributed by atoms with Gasteiger partial charge < -0.3 is 0 Å². The van der Waals surface area contributed by atoms with Gasteiger partial charge in [0.2, 0.25) is 5.78 Å². The third kappa shape index (κ3) is 2.89. The lowest BCUT2D eigenvalue weighted by Gasteiger charge is -2.00. The molecule has 0 saturated carbocycles. The number of rotatable bonds is 5. The summed E-state index contributed by atoms with van der Waals surface area (Å²) in [6, 6.07) is 12.5. The second-order valence-electron chi connectivity index (χ2n) is 3.40. The highest BCUT2D eigenvalue weighted by Crippen LogP contribution is 2.10. The molecular formula is C13H10N2O2S. The molecule has 0 amide bonds. The maximum absolute atomic E-state index is 11.9. The van der Waals surface area contributed by atoms with Crippen LogP contribution in [-0.2, 0) is 4.79 Å². The van der Waals surface area contributed by atoms with Gasteiger partial charge in [-0.1, -0.05) is 24.3 Å². The van der Waals surface area contributed by atoms with Gasteiger partial charge in [0.15, 0.2) is 12.0 Å². The number of hydrogen-bond donors (Lipinski definition) is 1. The molecule has 0 aliphatic carbocycles. The molecule has 1 aromatic carbocycles. The summed E-state index contributed by atoms with van der Waals surface area (Å²) in [5, 5.41) is 5.60. The van der Waals surface area contributed by atoms with Gasteiger partial charge in [-0.25, -0.2) is 0 Å². The van der Waals surface area contributed by atoms with E-state index in [4.69, 9.17) is 0 Å². The van der Waals surface area contributed by atoms with Gasteiger partial charge in [-0.15, -0.1) is 11.3 Å². The molecule has 18 heavy (non-hydrogen) atoms. The monoisotopic (exact) mass is 258 g/mol. The van der Waals surface area contributed by atoms with E-state index in [1.807, 2.05) is 18.2 Å². The van der Waals surface area contributed by atoms with Crippen molar-refractivity contribution in [2.45, 2.75) is 0 Å². The van der Waals surface area contributed by atoms with E-state index in [-0.39, 0.29) is 11.5 Å². The number of hydrazone groups is 1. The number of carbonyl (C=O) groups excluding carboxylic acids is 2. The molecule has 0 aliphatic rings. The van der Waals surface area contributed by atoms with Crippen molar-refractivity contribution in [3.63, 3.8) is 0 Å². The van der Waals surface area contributed by atoms with Crippen LogP contribution < -0.4 is 5.43 Å². The van der Waals surface area contributed by atoms with Crippen LogP contribution in [0.25, 0.3) is 0 Å². The smallest absolute Gasteiger partial charge is 0.226 e. The first-order chi connectivity index (χ1) is 8.81. The number of thiophene rings is 1. The summed E-state index contributed by atoms with van der Waals surface area (Å²) in [7, 11) is 0. The molecule has 1 aromatic heterocycles. The van der Waals surface area contributed by atoms with Crippen molar-refractivity contribution in [3.05, 3.63) is 52.7 Å². The Morgan fingerprint density at radius 3 is 2.56 bits per heavy atom. The van der Waals surface area contributed by atoms with E-state index in [1.165, 1.54) is 11.3 Å². The molecular weight excluding hydrogens is 248 g/mol. The molecule has 0 unspecified atom stereocenters. The van der Waals surface area contributed by atoms with E-state index in [0.29, 0.717) is 11.2 Å². The molecule has 0 atom stereocenters. The molecule has 2 rings (SSSR count). The number of anilines is 1. The van der Waals surface area contributed by atoms with Crippen molar-refractivity contribution in [3.8, 4) is 0 Å². The predicted octanol–water partition coefficient (Wildman–Crippen LogP) is 2.60. The maximum atomic E-state index is 11.9. The van der Waals surface area contributed by atoms with Crippen molar-refractivity contribution in [2.24, 2.45) is 5.10 Å². The predicted molar refractivity (Wildman–Crippen MR) is 72.2 cm³/mol. The van der Waals surface area contributed by atoms with Gasteiger partial charge in [0.1, 0.15) is 0 Å². The SMILES string of the molecule is O=CC(=NNc1ccccc1)C(=O)c1cccs1. The summed E-state index contributed by atoms with van der Waals surface area (Å²) in [6.07, 6.45) is 0.456. The number of hydrogen-bond acceptors (Lipinski definition) is 5. The largest absolute Gasteiger partial charge is 0.296 e. The molecule has 0 saturated heterocycles. The number of nitrogens with one attached hydrogen (secondary N) is 1. The average Bonchev–Trinajstić information content (AvgIpc) is 2.94. The van der Waals surface area contributed by atoms with Crippen molar-refractivity contribution in [2.75, 3.05) is 5.43 Å². The van der Waals surface area contributed by atoms with Gasteiger partial charge in [-0.05, 0) is 23.6 Å². The Hall–Kier alpha value is -2.27. The van der Waals surface area contributed by atoms with Crippen molar-refractivity contribution >= 4 is 34.8 Å². The highest BCUT2D eigenvalue weighted by molar-refractivity contribution is 7.13. The lowest BCUT2D eigenvalue weighted by Crippen LogP contribution is -2.16. The van der Waals surface area contributed by atoms with Gasteiger partial charge in [0.05, 0.1) is 10.6 Å². The van der Waals surface area contributed by atoms with Crippen LogP contribution >= 0.6 is 11.3 Å². The van der Waals surface area contributed by atoms with Crippen molar-refractivity contribution in [1.82, 2.24) is 0 Å². The van der Waals surface area contributed by atoms with Crippen LogP contribution in [0.1, 0.15) is 9.67 Å². The van der Waals surface area contributed by atoms with Crippen LogP contribution in [0.4, 0.5) is 5.69 Å². The van der Waals surface area contributed by atoms with E-state index < -0.39 is 0 Å². The Bertz CT molecular complexity index is 562. The second-order valence-corrected chi connectivity index (χ2v) is 4.35. The van der Waals surface area contributed by atoms with Crippen molar-refractivity contribution in [1.29, 1.82) is 0 Å². The van der Waals surface area contributed by atoms with E-state index >= 15 is 0 Å². The summed E-state index contributed by atoms with van der Waals surface area (Å²) in [6.45, 7) is 0. The number of para-hydroxylation sites is 1. The summed E-state index contributed by atoms with van der Waals surface area (Å²) in [5.74, 6) is -0.372. The molecule has 4 nitrogen and oxygen atoms in total. The topological polar surface area (TPSA) is 58.5 Å². The molecule has 0 aliphatic heterocycles. The van der Waals surface area contributed by atoms with Crippen LogP contribution in [-0.4, -0.2) is 17.8 Å². The van der Waals surface area contributed by atoms with Gasteiger partial charge in [0, 0.05) is 0 Å². The van der Waals surface area contributed by atoms with E-state index in [0.717, 1.165) is 5.69 Å². The molecule has 2 aromatic rings. The van der Waals surface area contributed by atoms with Crippen LogP contribution in [0.2, 0.25) is 0 Å². The Balaban J connectivity index is 2.14. The number of benzene rings is 1. The Morgan fingerprint density at radius 1 is 1.17 bits per heavy atom. The van der Waals surface area contributed by atoms with E-state index in [9.17, 15) is 9.59 Å². The Morgan fingerprint density at radius 2 is 1.94 bits per heavy atom. The lowest BCUT2D eigenvalue weighted by molar-refractivity contribution is -0.102. The minimum atomic E-state index is -0.372. The van der Waals surface area contributed by atoms with Crippen LogP contribution in [0.5, 0.6) is 0 Å². The van der Waals surface area contributed by atoms with Gasteiger partial charge >= 0.3 is 0 Å². The molecule has 0 bridgehead atoms. The number of carbonyl (C=O) groups is 2. The number of aldehydes is 1. The number of ketones is 1. The molecule has 0 radical (unpaired) electrons. The normalized spacial score (nSPS) is 11.0. The van der Waals surface area contributed by atoms with Gasteiger partial charge in [-0.2, -0.15) is 5.10 Å². The summed E-state index contributed by atoms with van der Waals surface area (Å²) in [5.41, 5.74) is 3.26. The van der Waals surface area contributed by atoms with Crippen molar-refractivity contribution < 1.29 is 9.59 Å². The highest BCUT2D eigenvalue weighted by atomic mass is 32.1. The molecule has 1 heterocycles. The van der Waals surface area contributed by atoms with Gasteiger partial charge in [-0.3, -0.25) is 15.0 Å². The first-order valence-corrected chi connectivity index (χ1v) is 6.11. The standard InChI is InChI=1S/C13H10N2O2S/c16-9-11(13(17)12-7-4-8-18-12)15-14-10-5-2-1-3-6-10/h1-9,14H. The molecule has 5 heteroatoms. The van der Waals surface area contributed by atoms with Crippen LogP contribution in [0, 0.1) is 0 Å². The first-order valence-electron chi connectivity index (χ1n) is 5.23. The molecule has 0 spiro atoms. The van der Waals surface area contributed by atoms with Gasteiger partial charge in [0.25, 0.3) is 0 Å². The molecule has 1 N–H and O–H groups in total. The molecule has 0 fully saturated rings. The zero-order valence-electron chi connectivity index (χ0n) is 9.37.